The summed E-state index contributed by atoms with van der Waals surface area (Å²) in [6.07, 6.45) is 0. The van der Waals surface area contributed by atoms with Gasteiger partial charge >= 0.3 is 0 Å². The Morgan fingerprint density at radius 3 is 2.50 bits per heavy atom. The molecule has 0 unspecified atom stereocenters. The fourth-order valence-corrected chi connectivity index (χ4v) is 2.25. The summed E-state index contributed by atoms with van der Waals surface area (Å²) in [5.74, 6) is 0. The minimum Gasteiger partial charge on any atom is -0.381 e. The molecule has 2 aromatic carbocycles. The smallest absolute Gasteiger partial charge is 0.0548 e. The number of nitrogens with one attached hydrogen (secondary N) is 1. The first-order valence-electron chi connectivity index (χ1n) is 5.81. The minimum absolute atomic E-state index is 0.741. The third-order valence-electron chi connectivity index (χ3n) is 2.99. The zero-order valence-electron chi connectivity index (χ0n) is 10.4. The summed E-state index contributed by atoms with van der Waals surface area (Å²) in [5, 5.41) is 4.15. The summed E-state index contributed by atoms with van der Waals surface area (Å²) >= 11 is 9.40. The summed E-state index contributed by atoms with van der Waals surface area (Å²) in [5.41, 5.74) is 4.96. The van der Waals surface area contributed by atoms with Crippen molar-refractivity contribution in [2.75, 3.05) is 5.32 Å². The van der Waals surface area contributed by atoms with Crippen LogP contribution in [0.5, 0.6) is 0 Å². The zero-order valence-corrected chi connectivity index (χ0v) is 12.8. The topological polar surface area (TPSA) is 12.0 Å². The summed E-state index contributed by atoms with van der Waals surface area (Å²) in [6.45, 7) is 5.03. The van der Waals surface area contributed by atoms with E-state index in [0.717, 1.165) is 21.7 Å². The fraction of sp³-hybridized carbons (Fsp3) is 0.200. The molecule has 18 heavy (non-hydrogen) atoms. The lowest BCUT2D eigenvalue weighted by Crippen LogP contribution is -1.99. The molecule has 0 spiro atoms. The first-order valence-corrected chi connectivity index (χ1v) is 6.98. The molecule has 0 atom stereocenters. The predicted molar refractivity (Wildman–Crippen MR) is 82.4 cm³/mol. The van der Waals surface area contributed by atoms with Gasteiger partial charge in [0.25, 0.3) is 0 Å². The van der Waals surface area contributed by atoms with E-state index >= 15 is 0 Å². The van der Waals surface area contributed by atoms with Crippen LogP contribution in [0, 0.1) is 13.8 Å². The molecule has 0 fully saturated rings. The van der Waals surface area contributed by atoms with Crippen LogP contribution < -0.4 is 5.32 Å². The average Bonchev–Trinajstić information content (AvgIpc) is 2.35. The third-order valence-corrected chi connectivity index (χ3v) is 4.20. The lowest BCUT2D eigenvalue weighted by Gasteiger charge is -2.09. The van der Waals surface area contributed by atoms with Crippen molar-refractivity contribution in [1.82, 2.24) is 0 Å². The van der Waals surface area contributed by atoms with Gasteiger partial charge in [0.1, 0.15) is 0 Å². The van der Waals surface area contributed by atoms with Crippen molar-refractivity contribution in [2.24, 2.45) is 0 Å². The maximum atomic E-state index is 5.97. The van der Waals surface area contributed by atoms with Crippen LogP contribution in [-0.2, 0) is 6.54 Å². The van der Waals surface area contributed by atoms with Crippen molar-refractivity contribution in [3.63, 3.8) is 0 Å². The molecule has 0 saturated carbocycles. The number of rotatable bonds is 3. The van der Waals surface area contributed by atoms with Gasteiger partial charge in [-0.15, -0.1) is 0 Å². The van der Waals surface area contributed by atoms with Crippen LogP contribution in [0.3, 0.4) is 0 Å². The van der Waals surface area contributed by atoms with E-state index in [-0.39, 0.29) is 0 Å². The van der Waals surface area contributed by atoms with Gasteiger partial charge in [0, 0.05) is 16.7 Å². The zero-order chi connectivity index (χ0) is 13.1. The maximum absolute atomic E-state index is 5.97. The van der Waals surface area contributed by atoms with Gasteiger partial charge in [-0.1, -0.05) is 23.7 Å². The standard InChI is InChI=1S/C15H15BrClN/c1-10-3-5-13(7-11(10)2)18-9-12-4-6-15(17)14(16)8-12/h3-8,18H,9H2,1-2H3. The second kappa shape index (κ2) is 5.77. The largest absolute Gasteiger partial charge is 0.381 e. The summed E-state index contributed by atoms with van der Waals surface area (Å²) in [4.78, 5) is 0. The molecule has 0 aliphatic heterocycles. The molecule has 0 radical (unpaired) electrons. The van der Waals surface area contributed by atoms with Crippen LogP contribution in [0.1, 0.15) is 16.7 Å². The van der Waals surface area contributed by atoms with Gasteiger partial charge in [0.05, 0.1) is 5.02 Å². The van der Waals surface area contributed by atoms with E-state index in [4.69, 9.17) is 11.6 Å². The van der Waals surface area contributed by atoms with E-state index < -0.39 is 0 Å². The Morgan fingerprint density at radius 1 is 1.06 bits per heavy atom. The molecule has 94 valence electrons. The highest BCUT2D eigenvalue weighted by Gasteiger charge is 2.00. The Kier molecular flexibility index (Phi) is 4.31. The molecule has 2 aromatic rings. The van der Waals surface area contributed by atoms with Gasteiger partial charge in [-0.2, -0.15) is 0 Å². The molecule has 0 heterocycles. The first kappa shape index (κ1) is 13.4. The monoisotopic (exact) mass is 323 g/mol. The highest BCUT2D eigenvalue weighted by molar-refractivity contribution is 9.10. The number of hydrogen-bond donors (Lipinski definition) is 1. The molecular formula is C15H15BrClN. The molecule has 0 aromatic heterocycles. The second-order valence-corrected chi connectivity index (χ2v) is 5.66. The second-order valence-electron chi connectivity index (χ2n) is 4.40. The van der Waals surface area contributed by atoms with Crippen LogP contribution in [0.4, 0.5) is 5.69 Å². The van der Waals surface area contributed by atoms with Crippen molar-refractivity contribution in [3.8, 4) is 0 Å². The SMILES string of the molecule is Cc1ccc(NCc2ccc(Cl)c(Br)c2)cc1C. The van der Waals surface area contributed by atoms with Crippen molar-refractivity contribution in [3.05, 3.63) is 62.6 Å². The number of benzene rings is 2. The Hall–Kier alpha value is -0.990. The van der Waals surface area contributed by atoms with E-state index in [0.29, 0.717) is 0 Å². The average molecular weight is 325 g/mol. The Labute approximate surface area is 121 Å². The Balaban J connectivity index is 2.06. The lowest BCUT2D eigenvalue weighted by molar-refractivity contribution is 1.14. The number of aryl methyl sites for hydroxylation is 2. The van der Waals surface area contributed by atoms with E-state index in [2.05, 4.69) is 53.3 Å². The van der Waals surface area contributed by atoms with Crippen LogP contribution in [0.25, 0.3) is 0 Å². The fourth-order valence-electron chi connectivity index (χ4n) is 1.71. The van der Waals surface area contributed by atoms with Crippen molar-refractivity contribution in [2.45, 2.75) is 20.4 Å². The minimum atomic E-state index is 0.741. The summed E-state index contributed by atoms with van der Waals surface area (Å²) in [6, 6.07) is 12.4. The number of anilines is 1. The van der Waals surface area contributed by atoms with Crippen LogP contribution in [0.15, 0.2) is 40.9 Å². The molecule has 0 saturated heterocycles. The molecule has 0 bridgehead atoms. The van der Waals surface area contributed by atoms with E-state index in [9.17, 15) is 0 Å². The highest BCUT2D eigenvalue weighted by Crippen LogP contribution is 2.23. The van der Waals surface area contributed by atoms with E-state index in [1.807, 2.05) is 18.2 Å². The van der Waals surface area contributed by atoms with Gasteiger partial charge < -0.3 is 5.32 Å². The maximum Gasteiger partial charge on any atom is 0.0548 e. The Morgan fingerprint density at radius 2 is 1.83 bits per heavy atom. The highest BCUT2D eigenvalue weighted by atomic mass is 79.9. The van der Waals surface area contributed by atoms with Crippen LogP contribution in [-0.4, -0.2) is 0 Å². The molecule has 0 aliphatic rings. The molecular weight excluding hydrogens is 310 g/mol. The Bertz CT molecular complexity index is 515. The molecule has 0 aliphatic carbocycles. The van der Waals surface area contributed by atoms with Gasteiger partial charge in [-0.3, -0.25) is 0 Å². The predicted octanol–water partition coefficient (Wildman–Crippen LogP) is 5.33. The van der Waals surface area contributed by atoms with Crippen LogP contribution >= 0.6 is 27.5 Å². The van der Waals surface area contributed by atoms with Crippen molar-refractivity contribution in [1.29, 1.82) is 0 Å². The third kappa shape index (κ3) is 3.27. The van der Waals surface area contributed by atoms with Gasteiger partial charge in [0.2, 0.25) is 0 Å². The molecule has 1 nitrogen and oxygen atoms in total. The first-order chi connectivity index (χ1) is 8.56. The van der Waals surface area contributed by atoms with Crippen molar-refractivity contribution < 1.29 is 0 Å². The van der Waals surface area contributed by atoms with Crippen LogP contribution in [0.2, 0.25) is 5.02 Å². The van der Waals surface area contributed by atoms with E-state index in [1.165, 1.54) is 16.7 Å². The number of halogens is 2. The van der Waals surface area contributed by atoms with Gasteiger partial charge in [0.15, 0.2) is 0 Å². The van der Waals surface area contributed by atoms with Crippen molar-refractivity contribution >= 4 is 33.2 Å². The summed E-state index contributed by atoms with van der Waals surface area (Å²) < 4.78 is 0.934. The normalized spacial score (nSPS) is 10.4. The van der Waals surface area contributed by atoms with Gasteiger partial charge in [-0.25, -0.2) is 0 Å². The number of hydrogen-bond acceptors (Lipinski definition) is 1. The van der Waals surface area contributed by atoms with E-state index in [1.54, 1.807) is 0 Å². The molecule has 3 heteroatoms. The molecule has 0 amide bonds. The van der Waals surface area contributed by atoms with Gasteiger partial charge in [-0.05, 0) is 70.7 Å². The molecule has 1 N–H and O–H groups in total. The lowest BCUT2D eigenvalue weighted by atomic mass is 10.1. The molecule has 2 rings (SSSR count). The summed E-state index contributed by atoms with van der Waals surface area (Å²) in [7, 11) is 0. The quantitative estimate of drug-likeness (QED) is 0.804.